The molecule has 0 amide bonds. The van der Waals surface area contributed by atoms with Crippen molar-refractivity contribution in [1.29, 1.82) is 0 Å². The Balaban J connectivity index is 0.828. The quantitative estimate of drug-likeness (QED) is 0.114. The van der Waals surface area contributed by atoms with Gasteiger partial charge >= 0.3 is 11.9 Å². The molecule has 2 aromatic heterocycles. The van der Waals surface area contributed by atoms with Gasteiger partial charge in [0.05, 0.1) is 38.3 Å². The molecule has 2 aliphatic rings. The maximum atomic E-state index is 12.6. The van der Waals surface area contributed by atoms with Crippen molar-refractivity contribution in [3.05, 3.63) is 106 Å². The van der Waals surface area contributed by atoms with E-state index < -0.39 is 11.8 Å². The molecule has 10 nitrogen and oxygen atoms in total. The molecule has 46 heavy (non-hydrogen) atoms. The number of aromatic nitrogens is 2. The molecule has 10 heteroatoms. The largest absolute Gasteiger partial charge is 0.463 e. The second kappa shape index (κ2) is 14.5. The number of benzene rings is 2. The summed E-state index contributed by atoms with van der Waals surface area (Å²) < 4.78 is 33.7. The first-order valence-corrected chi connectivity index (χ1v) is 15.4. The zero-order valence-corrected chi connectivity index (χ0v) is 25.9. The summed E-state index contributed by atoms with van der Waals surface area (Å²) in [6.45, 7) is 5.10. The normalized spacial score (nSPS) is 13.9. The lowest BCUT2D eigenvalue weighted by molar-refractivity contribution is -0.148. The molecule has 0 spiro atoms. The molecule has 0 bridgehead atoms. The molecule has 0 saturated carbocycles. The molecular formula is C36H36N2O8. The van der Waals surface area contributed by atoms with E-state index in [4.69, 9.17) is 28.4 Å². The number of rotatable bonds is 13. The lowest BCUT2D eigenvalue weighted by Gasteiger charge is -2.20. The van der Waals surface area contributed by atoms with Crippen molar-refractivity contribution in [1.82, 2.24) is 9.97 Å². The Kier molecular flexibility index (Phi) is 9.85. The van der Waals surface area contributed by atoms with E-state index in [1.54, 1.807) is 12.4 Å². The Morgan fingerprint density at radius 3 is 1.52 bits per heavy atom. The Bertz CT molecular complexity index is 1580. The monoisotopic (exact) mass is 624 g/mol. The minimum Gasteiger partial charge on any atom is -0.463 e. The molecule has 0 aliphatic carbocycles. The van der Waals surface area contributed by atoms with Gasteiger partial charge in [-0.3, -0.25) is 9.59 Å². The summed E-state index contributed by atoms with van der Waals surface area (Å²) in [5.74, 6) is 1.27. The number of nitrogens with zero attached hydrogens (tertiary/aromatic N) is 2. The fourth-order valence-electron chi connectivity index (χ4n) is 5.38. The van der Waals surface area contributed by atoms with Gasteiger partial charge in [-0.25, -0.2) is 9.97 Å². The topological polar surface area (TPSA) is 115 Å². The van der Waals surface area contributed by atoms with Crippen LogP contribution in [0.25, 0.3) is 0 Å². The van der Waals surface area contributed by atoms with E-state index in [0.717, 1.165) is 44.9 Å². The van der Waals surface area contributed by atoms with E-state index in [1.165, 1.54) is 0 Å². The summed E-state index contributed by atoms with van der Waals surface area (Å²) in [7, 11) is 0. The third kappa shape index (κ3) is 7.35. The van der Waals surface area contributed by atoms with Gasteiger partial charge in [0.25, 0.3) is 0 Å². The van der Waals surface area contributed by atoms with Crippen LogP contribution in [0.2, 0.25) is 0 Å². The predicted octanol–water partition coefficient (Wildman–Crippen LogP) is 5.90. The zero-order chi connectivity index (χ0) is 31.9. The first-order valence-electron chi connectivity index (χ1n) is 15.4. The SMILES string of the molecule is CC(C(=O)OCCOCCOCCOC(=O)C(C)c1ccc2c(c1)Cc1cccnc1O2)c1ccc2c(c1)Cc1cccnc1O2. The zero-order valence-electron chi connectivity index (χ0n) is 25.9. The van der Waals surface area contributed by atoms with Gasteiger partial charge in [0.15, 0.2) is 0 Å². The van der Waals surface area contributed by atoms with Crippen molar-refractivity contribution < 1.29 is 38.0 Å². The number of pyridine rings is 2. The van der Waals surface area contributed by atoms with Gasteiger partial charge in [-0.2, -0.15) is 0 Å². The third-order valence-corrected chi connectivity index (χ3v) is 8.07. The van der Waals surface area contributed by atoms with E-state index in [1.807, 2.05) is 74.5 Å². The van der Waals surface area contributed by atoms with E-state index in [0.29, 0.717) is 37.8 Å². The van der Waals surface area contributed by atoms with Crippen molar-refractivity contribution in [2.24, 2.45) is 0 Å². The molecule has 6 rings (SSSR count). The maximum Gasteiger partial charge on any atom is 0.313 e. The van der Waals surface area contributed by atoms with Crippen LogP contribution in [0.4, 0.5) is 0 Å². The number of esters is 2. The molecule has 0 fully saturated rings. The summed E-state index contributed by atoms with van der Waals surface area (Å²) in [4.78, 5) is 33.8. The molecule has 4 aromatic rings. The van der Waals surface area contributed by atoms with Crippen LogP contribution in [-0.2, 0) is 41.4 Å². The van der Waals surface area contributed by atoms with Crippen LogP contribution in [0, 0.1) is 0 Å². The summed E-state index contributed by atoms with van der Waals surface area (Å²) >= 11 is 0. The van der Waals surface area contributed by atoms with Gasteiger partial charge in [0, 0.05) is 36.4 Å². The standard InChI is InChI=1S/C36H36N2O8/c1-23(25-7-9-31-29(19-25)21-27-5-3-11-37-33(27)45-31)35(39)43-17-15-41-13-14-42-16-18-44-36(40)24(2)26-8-10-32-30(20-26)22-28-6-4-12-38-34(28)46-32/h3-12,19-20,23-24H,13-18,21-22H2,1-2H3. The van der Waals surface area contributed by atoms with E-state index in [-0.39, 0.29) is 38.4 Å². The highest BCUT2D eigenvalue weighted by Crippen LogP contribution is 2.37. The molecule has 0 radical (unpaired) electrons. The summed E-state index contributed by atoms with van der Waals surface area (Å²) in [5.41, 5.74) is 5.79. The average Bonchev–Trinajstić information content (AvgIpc) is 3.09. The smallest absolute Gasteiger partial charge is 0.313 e. The summed E-state index contributed by atoms with van der Waals surface area (Å²) in [6.07, 6.45) is 4.82. The van der Waals surface area contributed by atoms with Crippen molar-refractivity contribution in [2.75, 3.05) is 39.6 Å². The number of hydrogen-bond acceptors (Lipinski definition) is 10. The number of carbonyl (C=O) groups excluding carboxylic acids is 2. The maximum absolute atomic E-state index is 12.6. The number of ether oxygens (including phenoxy) is 6. The van der Waals surface area contributed by atoms with Crippen LogP contribution in [0.1, 0.15) is 59.1 Å². The number of hydrogen-bond donors (Lipinski definition) is 0. The summed E-state index contributed by atoms with van der Waals surface area (Å²) in [6, 6.07) is 19.2. The minimum atomic E-state index is -0.425. The first kappa shape index (κ1) is 31.2. The fourth-order valence-corrected chi connectivity index (χ4v) is 5.38. The molecule has 4 heterocycles. The second-order valence-electron chi connectivity index (χ2n) is 11.2. The van der Waals surface area contributed by atoms with Gasteiger partial charge in [0.2, 0.25) is 11.8 Å². The van der Waals surface area contributed by atoms with Gasteiger partial charge in [-0.1, -0.05) is 36.4 Å². The molecule has 2 aromatic carbocycles. The van der Waals surface area contributed by atoms with Crippen LogP contribution in [-0.4, -0.2) is 61.5 Å². The van der Waals surface area contributed by atoms with Crippen LogP contribution in [0.5, 0.6) is 23.3 Å². The Morgan fingerprint density at radius 1 is 0.630 bits per heavy atom. The van der Waals surface area contributed by atoms with Crippen LogP contribution < -0.4 is 9.47 Å². The average molecular weight is 625 g/mol. The molecule has 2 aliphatic heterocycles. The number of carbonyl (C=O) groups is 2. The highest BCUT2D eigenvalue weighted by atomic mass is 16.6. The lowest BCUT2D eigenvalue weighted by atomic mass is 9.95. The molecule has 238 valence electrons. The highest BCUT2D eigenvalue weighted by molar-refractivity contribution is 5.78. The minimum absolute atomic E-state index is 0.143. The number of fused-ring (bicyclic) bond motifs is 4. The van der Waals surface area contributed by atoms with Crippen LogP contribution in [0.3, 0.4) is 0 Å². The van der Waals surface area contributed by atoms with Gasteiger partial charge < -0.3 is 28.4 Å². The Morgan fingerprint density at radius 2 is 1.07 bits per heavy atom. The van der Waals surface area contributed by atoms with Crippen LogP contribution >= 0.6 is 0 Å². The van der Waals surface area contributed by atoms with E-state index in [2.05, 4.69) is 9.97 Å². The molecular weight excluding hydrogens is 588 g/mol. The fraction of sp³-hybridized carbons (Fsp3) is 0.333. The van der Waals surface area contributed by atoms with Crippen molar-refractivity contribution >= 4 is 11.9 Å². The second-order valence-corrected chi connectivity index (χ2v) is 11.2. The van der Waals surface area contributed by atoms with Crippen LogP contribution in [0.15, 0.2) is 73.1 Å². The van der Waals surface area contributed by atoms with E-state index >= 15 is 0 Å². The molecule has 2 atom stereocenters. The Hall–Kier alpha value is -4.80. The molecule has 2 unspecified atom stereocenters. The van der Waals surface area contributed by atoms with Crippen molar-refractivity contribution in [3.63, 3.8) is 0 Å². The first-order chi connectivity index (χ1) is 22.5. The van der Waals surface area contributed by atoms with Gasteiger partial charge in [0.1, 0.15) is 24.7 Å². The lowest BCUT2D eigenvalue weighted by Crippen LogP contribution is -2.19. The van der Waals surface area contributed by atoms with E-state index in [9.17, 15) is 9.59 Å². The highest BCUT2D eigenvalue weighted by Gasteiger charge is 2.24. The van der Waals surface area contributed by atoms with Gasteiger partial charge in [-0.15, -0.1) is 0 Å². The third-order valence-electron chi connectivity index (χ3n) is 8.07. The predicted molar refractivity (Wildman–Crippen MR) is 168 cm³/mol. The van der Waals surface area contributed by atoms with Gasteiger partial charge in [-0.05, 0) is 60.4 Å². The summed E-state index contributed by atoms with van der Waals surface area (Å²) in [5, 5.41) is 0. The Labute approximate surface area is 267 Å². The molecule has 0 saturated heterocycles. The van der Waals surface area contributed by atoms with Crippen molar-refractivity contribution in [2.45, 2.75) is 38.5 Å². The van der Waals surface area contributed by atoms with Crippen molar-refractivity contribution in [3.8, 4) is 23.3 Å². The molecule has 0 N–H and O–H groups in total.